The van der Waals surface area contributed by atoms with Gasteiger partial charge in [0.05, 0.1) is 5.75 Å². The summed E-state index contributed by atoms with van der Waals surface area (Å²) in [5, 5.41) is 14.4. The van der Waals surface area contributed by atoms with Crippen molar-refractivity contribution in [3.8, 4) is 5.69 Å². The quantitative estimate of drug-likeness (QED) is 0.615. The maximum absolute atomic E-state index is 11.9. The van der Waals surface area contributed by atoms with Crippen LogP contribution in [0.3, 0.4) is 0 Å². The molecule has 1 amide bonds. The van der Waals surface area contributed by atoms with Crippen molar-refractivity contribution in [2.45, 2.75) is 24.9 Å². The number of nitrogens with zero attached hydrogens (tertiary/aromatic N) is 3. The van der Waals surface area contributed by atoms with Crippen molar-refractivity contribution in [1.82, 2.24) is 20.1 Å². The summed E-state index contributed by atoms with van der Waals surface area (Å²) in [6.45, 7) is 2.74. The second kappa shape index (κ2) is 8.82. The minimum atomic E-state index is 0.0225. The van der Waals surface area contributed by atoms with Gasteiger partial charge in [0.25, 0.3) is 0 Å². The van der Waals surface area contributed by atoms with E-state index in [1.807, 2.05) is 47.9 Å². The standard InChI is InChI=1S/C18H20N4OS2/c1-2-10-19-17(23)13-25-18-21-20-16(12-15-9-6-11-24-15)22(18)14-7-4-3-5-8-14/h3-9,11H,2,10,12-13H2,1H3,(H,19,23). The van der Waals surface area contributed by atoms with Gasteiger partial charge in [-0.3, -0.25) is 9.36 Å². The van der Waals surface area contributed by atoms with Crippen LogP contribution in [0.1, 0.15) is 24.0 Å². The molecule has 2 heterocycles. The van der Waals surface area contributed by atoms with E-state index in [9.17, 15) is 4.79 Å². The van der Waals surface area contributed by atoms with Crippen molar-refractivity contribution >= 4 is 29.0 Å². The molecule has 0 radical (unpaired) electrons. The molecule has 3 rings (SSSR count). The van der Waals surface area contributed by atoms with Crippen LogP contribution in [0, 0.1) is 0 Å². The van der Waals surface area contributed by atoms with E-state index in [1.165, 1.54) is 16.6 Å². The lowest BCUT2D eigenvalue weighted by atomic mass is 10.3. The Labute approximate surface area is 155 Å². The van der Waals surface area contributed by atoms with Gasteiger partial charge < -0.3 is 5.32 Å². The Morgan fingerprint density at radius 2 is 2.04 bits per heavy atom. The first-order chi connectivity index (χ1) is 12.3. The maximum Gasteiger partial charge on any atom is 0.230 e. The molecule has 0 atom stereocenters. The Balaban J connectivity index is 1.82. The molecular weight excluding hydrogens is 352 g/mol. The smallest absolute Gasteiger partial charge is 0.230 e. The average Bonchev–Trinajstić information content (AvgIpc) is 3.29. The van der Waals surface area contributed by atoms with Crippen LogP contribution in [0.2, 0.25) is 0 Å². The highest BCUT2D eigenvalue weighted by Gasteiger charge is 2.16. The molecular formula is C18H20N4OS2. The largest absolute Gasteiger partial charge is 0.355 e. The topological polar surface area (TPSA) is 59.8 Å². The van der Waals surface area contributed by atoms with E-state index in [4.69, 9.17) is 0 Å². The minimum absolute atomic E-state index is 0.0225. The minimum Gasteiger partial charge on any atom is -0.355 e. The fourth-order valence-corrected chi connectivity index (χ4v) is 3.86. The molecule has 0 saturated heterocycles. The molecule has 130 valence electrons. The summed E-state index contributed by atoms with van der Waals surface area (Å²) >= 11 is 3.12. The van der Waals surface area contributed by atoms with Gasteiger partial charge >= 0.3 is 0 Å². The maximum atomic E-state index is 11.9. The molecule has 0 aliphatic rings. The predicted octanol–water partition coefficient (Wildman–Crippen LogP) is 3.54. The number of para-hydroxylation sites is 1. The van der Waals surface area contributed by atoms with Crippen molar-refractivity contribution in [3.05, 3.63) is 58.5 Å². The number of carbonyl (C=O) groups excluding carboxylic acids is 1. The van der Waals surface area contributed by atoms with Gasteiger partial charge in [-0.25, -0.2) is 0 Å². The molecule has 5 nitrogen and oxygen atoms in total. The van der Waals surface area contributed by atoms with E-state index in [0.29, 0.717) is 12.3 Å². The van der Waals surface area contributed by atoms with E-state index in [2.05, 4.69) is 27.0 Å². The number of nitrogens with one attached hydrogen (secondary N) is 1. The zero-order chi connectivity index (χ0) is 17.5. The summed E-state index contributed by atoms with van der Waals surface area (Å²) in [5.41, 5.74) is 1.01. The summed E-state index contributed by atoms with van der Waals surface area (Å²) in [4.78, 5) is 13.1. The highest BCUT2D eigenvalue weighted by Crippen LogP contribution is 2.24. The van der Waals surface area contributed by atoms with Gasteiger partial charge in [0.1, 0.15) is 5.82 Å². The van der Waals surface area contributed by atoms with Gasteiger partial charge in [0, 0.05) is 23.5 Å². The van der Waals surface area contributed by atoms with Crippen molar-refractivity contribution in [2.75, 3.05) is 12.3 Å². The lowest BCUT2D eigenvalue weighted by Crippen LogP contribution is -2.25. The molecule has 1 N–H and O–H groups in total. The number of benzene rings is 1. The zero-order valence-electron chi connectivity index (χ0n) is 14.0. The molecule has 1 aromatic carbocycles. The summed E-state index contributed by atoms with van der Waals surface area (Å²) in [7, 11) is 0. The van der Waals surface area contributed by atoms with Crippen LogP contribution in [0.15, 0.2) is 53.0 Å². The number of aromatic nitrogens is 3. The number of carbonyl (C=O) groups is 1. The Hall–Kier alpha value is -2.12. The molecule has 0 saturated carbocycles. The molecule has 0 spiro atoms. The fourth-order valence-electron chi connectivity index (χ4n) is 2.36. The van der Waals surface area contributed by atoms with Gasteiger partial charge in [-0.2, -0.15) is 0 Å². The number of thiophene rings is 1. The van der Waals surface area contributed by atoms with Crippen LogP contribution in [-0.2, 0) is 11.2 Å². The van der Waals surface area contributed by atoms with E-state index in [0.717, 1.165) is 29.5 Å². The predicted molar refractivity (Wildman–Crippen MR) is 103 cm³/mol. The van der Waals surface area contributed by atoms with Crippen LogP contribution < -0.4 is 5.32 Å². The van der Waals surface area contributed by atoms with Crippen LogP contribution in [-0.4, -0.2) is 33.0 Å². The molecule has 0 aliphatic carbocycles. The summed E-state index contributed by atoms with van der Waals surface area (Å²) in [6.07, 6.45) is 1.66. The Bertz CT molecular complexity index is 800. The summed E-state index contributed by atoms with van der Waals surface area (Å²) in [5.74, 6) is 1.24. The average molecular weight is 373 g/mol. The van der Waals surface area contributed by atoms with Gasteiger partial charge in [0.2, 0.25) is 5.91 Å². The molecule has 25 heavy (non-hydrogen) atoms. The van der Waals surface area contributed by atoms with Crippen molar-refractivity contribution < 1.29 is 4.79 Å². The van der Waals surface area contributed by atoms with Crippen LogP contribution in [0.5, 0.6) is 0 Å². The van der Waals surface area contributed by atoms with Crippen molar-refractivity contribution in [1.29, 1.82) is 0 Å². The Morgan fingerprint density at radius 1 is 1.20 bits per heavy atom. The van der Waals surface area contributed by atoms with Gasteiger partial charge in [0.15, 0.2) is 5.16 Å². The molecule has 0 aliphatic heterocycles. The molecule has 3 aromatic rings. The molecule has 0 unspecified atom stereocenters. The highest BCUT2D eigenvalue weighted by molar-refractivity contribution is 7.99. The highest BCUT2D eigenvalue weighted by atomic mass is 32.2. The van der Waals surface area contributed by atoms with E-state index in [1.54, 1.807) is 11.3 Å². The zero-order valence-corrected chi connectivity index (χ0v) is 15.6. The SMILES string of the molecule is CCCNC(=O)CSc1nnc(Cc2cccs2)n1-c1ccccc1. The monoisotopic (exact) mass is 372 g/mol. The van der Waals surface area contributed by atoms with Crippen LogP contribution in [0.25, 0.3) is 5.69 Å². The first-order valence-corrected chi connectivity index (χ1v) is 10.1. The van der Waals surface area contributed by atoms with Crippen molar-refractivity contribution in [3.63, 3.8) is 0 Å². The third-order valence-corrected chi connectivity index (χ3v) is 5.34. The number of hydrogen-bond donors (Lipinski definition) is 1. The summed E-state index contributed by atoms with van der Waals surface area (Å²) in [6, 6.07) is 14.2. The first-order valence-electron chi connectivity index (χ1n) is 8.19. The second-order valence-electron chi connectivity index (χ2n) is 5.46. The third kappa shape index (κ3) is 4.70. The summed E-state index contributed by atoms with van der Waals surface area (Å²) < 4.78 is 2.04. The lowest BCUT2D eigenvalue weighted by Gasteiger charge is -2.10. The molecule has 0 fully saturated rings. The van der Waals surface area contributed by atoms with Gasteiger partial charge in [-0.15, -0.1) is 21.5 Å². The molecule has 7 heteroatoms. The number of thioether (sulfide) groups is 1. The number of rotatable bonds is 8. The number of amides is 1. The van der Waals surface area contributed by atoms with Gasteiger partial charge in [-0.1, -0.05) is 43.0 Å². The van der Waals surface area contributed by atoms with E-state index >= 15 is 0 Å². The number of hydrogen-bond acceptors (Lipinski definition) is 5. The first kappa shape index (κ1) is 17.7. The van der Waals surface area contributed by atoms with E-state index < -0.39 is 0 Å². The lowest BCUT2D eigenvalue weighted by molar-refractivity contribution is -0.118. The third-order valence-electron chi connectivity index (χ3n) is 3.53. The van der Waals surface area contributed by atoms with Crippen LogP contribution in [0.4, 0.5) is 0 Å². The molecule has 0 bridgehead atoms. The van der Waals surface area contributed by atoms with E-state index in [-0.39, 0.29) is 5.91 Å². The van der Waals surface area contributed by atoms with Crippen molar-refractivity contribution in [2.24, 2.45) is 0 Å². The Morgan fingerprint density at radius 3 is 2.76 bits per heavy atom. The fraction of sp³-hybridized carbons (Fsp3) is 0.278. The van der Waals surface area contributed by atoms with Gasteiger partial charge in [-0.05, 0) is 30.0 Å². The molecule has 2 aromatic heterocycles. The Kier molecular flexibility index (Phi) is 6.25. The normalized spacial score (nSPS) is 10.8. The van der Waals surface area contributed by atoms with Crippen LogP contribution >= 0.6 is 23.1 Å². The second-order valence-corrected chi connectivity index (χ2v) is 7.44.